The fraction of sp³-hybridized carbons (Fsp3) is 0.111. The maximum absolute atomic E-state index is 2.47. The average Bonchev–Trinajstić information content (AvgIpc) is 2.69. The molecule has 0 bridgehead atoms. The molecule has 1 heterocycles. The van der Waals surface area contributed by atoms with Crippen molar-refractivity contribution < 1.29 is 0 Å². The summed E-state index contributed by atoms with van der Waals surface area (Å²) in [5.41, 5.74) is 0. The van der Waals surface area contributed by atoms with Crippen LogP contribution in [-0.2, 0) is 0 Å². The molecule has 0 amide bonds. The van der Waals surface area contributed by atoms with Gasteiger partial charge in [-0.2, -0.15) is 0 Å². The first-order valence-electron chi connectivity index (χ1n) is 3.61. The molecule has 1 unspecified atom stereocenters. The first-order valence-corrected chi connectivity index (χ1v) is 7.43. The van der Waals surface area contributed by atoms with Crippen molar-refractivity contribution in [3.63, 3.8) is 0 Å². The summed E-state index contributed by atoms with van der Waals surface area (Å²) in [6.45, 7) is 2.26. The second-order valence-corrected chi connectivity index (χ2v) is 8.81. The minimum atomic E-state index is -1.02. The van der Waals surface area contributed by atoms with Crippen molar-refractivity contribution in [3.05, 3.63) is 39.6 Å². The molecule has 1 aliphatic heterocycles. The van der Waals surface area contributed by atoms with Crippen LogP contribution in [0.25, 0.3) is 0 Å². The van der Waals surface area contributed by atoms with Gasteiger partial charge in [-0.1, -0.05) is 0 Å². The third-order valence-corrected chi connectivity index (χ3v) is 7.69. The van der Waals surface area contributed by atoms with Crippen molar-refractivity contribution in [1.82, 2.24) is 0 Å². The molecule has 2 rings (SSSR count). The van der Waals surface area contributed by atoms with Crippen LogP contribution in [0, 0.1) is 0 Å². The Labute approximate surface area is 65.7 Å². The fourth-order valence-corrected chi connectivity index (χ4v) is 6.03. The van der Waals surface area contributed by atoms with E-state index in [0.29, 0.717) is 0 Å². The predicted octanol–water partition coefficient (Wildman–Crippen LogP) is 1.16. The number of rotatable bonds is 1. The van der Waals surface area contributed by atoms with E-state index in [1.165, 1.54) is 0 Å². The van der Waals surface area contributed by atoms with Crippen molar-refractivity contribution in [1.29, 1.82) is 0 Å². The van der Waals surface area contributed by atoms with Crippen LogP contribution in [0.5, 0.6) is 0 Å². The van der Waals surface area contributed by atoms with Crippen molar-refractivity contribution in [2.75, 3.05) is 0 Å². The van der Waals surface area contributed by atoms with Gasteiger partial charge in [-0.05, 0) is 0 Å². The SMILES string of the molecule is C[C]1=[CH][GeH]1[c]1ccccc1. The molecule has 50 valence electrons. The van der Waals surface area contributed by atoms with Gasteiger partial charge in [0.25, 0.3) is 0 Å². The van der Waals surface area contributed by atoms with E-state index in [0.717, 1.165) is 0 Å². The fourth-order valence-electron chi connectivity index (χ4n) is 1.23. The van der Waals surface area contributed by atoms with Gasteiger partial charge in [0.1, 0.15) is 0 Å². The third-order valence-electron chi connectivity index (χ3n) is 1.97. The maximum atomic E-state index is 2.47. The van der Waals surface area contributed by atoms with E-state index in [9.17, 15) is 0 Å². The second-order valence-electron chi connectivity index (χ2n) is 2.80. The first-order chi connectivity index (χ1) is 4.88. The van der Waals surface area contributed by atoms with Crippen LogP contribution in [0.15, 0.2) is 39.6 Å². The third kappa shape index (κ3) is 1.04. The van der Waals surface area contributed by atoms with Gasteiger partial charge in [-0.3, -0.25) is 0 Å². The summed E-state index contributed by atoms with van der Waals surface area (Å²) in [5, 5.41) is 0. The van der Waals surface area contributed by atoms with Gasteiger partial charge in [0.2, 0.25) is 0 Å². The van der Waals surface area contributed by atoms with Crippen LogP contribution >= 0.6 is 0 Å². The summed E-state index contributed by atoms with van der Waals surface area (Å²) >= 11 is -1.02. The molecule has 1 heteroatoms. The zero-order valence-electron chi connectivity index (χ0n) is 6.04. The van der Waals surface area contributed by atoms with E-state index in [2.05, 4.69) is 42.2 Å². The van der Waals surface area contributed by atoms with Gasteiger partial charge in [0, 0.05) is 0 Å². The first kappa shape index (κ1) is 6.23. The molecule has 0 nitrogen and oxygen atoms in total. The summed E-state index contributed by atoms with van der Waals surface area (Å²) in [6.07, 6.45) is 0. The molecule has 10 heavy (non-hydrogen) atoms. The number of allylic oxidation sites excluding steroid dienone is 1. The molecule has 1 atom stereocenters. The summed E-state index contributed by atoms with van der Waals surface area (Å²) in [7, 11) is 0. The van der Waals surface area contributed by atoms with Gasteiger partial charge in [0.15, 0.2) is 0 Å². The van der Waals surface area contributed by atoms with E-state index in [1.807, 2.05) is 0 Å². The number of benzene rings is 1. The molecule has 0 saturated heterocycles. The molecule has 1 aromatic rings. The monoisotopic (exact) mass is 192 g/mol. The Kier molecular flexibility index (Phi) is 1.42. The van der Waals surface area contributed by atoms with Crippen LogP contribution in [0.4, 0.5) is 0 Å². The van der Waals surface area contributed by atoms with E-state index >= 15 is 0 Å². The summed E-state index contributed by atoms with van der Waals surface area (Å²) in [5.74, 6) is 0. The van der Waals surface area contributed by atoms with Crippen LogP contribution in [0.1, 0.15) is 6.92 Å². The van der Waals surface area contributed by atoms with E-state index in [4.69, 9.17) is 0 Å². The Hall–Kier alpha value is -0.497. The van der Waals surface area contributed by atoms with Crippen molar-refractivity contribution >= 4 is 18.7 Å². The Morgan fingerprint density at radius 2 is 1.70 bits per heavy atom. The molecular weight excluding hydrogens is 181 g/mol. The van der Waals surface area contributed by atoms with Gasteiger partial charge in [-0.15, -0.1) is 0 Å². The Morgan fingerprint density at radius 3 is 2.20 bits per heavy atom. The van der Waals surface area contributed by atoms with Gasteiger partial charge < -0.3 is 0 Å². The molecule has 0 spiro atoms. The Balaban J connectivity index is 2.22. The normalized spacial score (nSPS) is 22.1. The molecule has 0 N–H and O–H groups in total. The molecule has 1 aliphatic rings. The number of hydrogen-bond donors (Lipinski definition) is 0. The van der Waals surface area contributed by atoms with Gasteiger partial charge in [-0.25, -0.2) is 0 Å². The quantitative estimate of drug-likeness (QED) is 0.584. The Bertz CT molecular complexity index is 261. The summed E-state index contributed by atoms with van der Waals surface area (Å²) in [6, 6.07) is 10.9. The number of hydrogen-bond acceptors (Lipinski definition) is 0. The van der Waals surface area contributed by atoms with Gasteiger partial charge in [0.05, 0.1) is 0 Å². The van der Waals surface area contributed by atoms with Crippen LogP contribution in [0.2, 0.25) is 0 Å². The molecular formula is C9H10Ge. The van der Waals surface area contributed by atoms with Crippen LogP contribution in [-0.4, -0.2) is 14.3 Å². The van der Waals surface area contributed by atoms with Crippen molar-refractivity contribution in [3.8, 4) is 0 Å². The van der Waals surface area contributed by atoms with Crippen molar-refractivity contribution in [2.45, 2.75) is 6.92 Å². The van der Waals surface area contributed by atoms with Crippen molar-refractivity contribution in [2.24, 2.45) is 0 Å². The topological polar surface area (TPSA) is 0 Å². The second kappa shape index (κ2) is 2.28. The molecule has 0 aromatic heterocycles. The average molecular weight is 191 g/mol. The molecule has 0 saturated carbocycles. The van der Waals surface area contributed by atoms with E-state index in [1.54, 1.807) is 8.80 Å². The molecule has 0 radical (unpaired) electrons. The Morgan fingerprint density at radius 1 is 1.10 bits per heavy atom. The van der Waals surface area contributed by atoms with Crippen LogP contribution in [0.3, 0.4) is 0 Å². The zero-order chi connectivity index (χ0) is 6.97. The summed E-state index contributed by atoms with van der Waals surface area (Å²) < 4.78 is 3.31. The molecule has 0 aliphatic carbocycles. The predicted molar refractivity (Wildman–Crippen MR) is 47.0 cm³/mol. The minimum absolute atomic E-state index is 1.02. The molecule has 0 fully saturated rings. The summed E-state index contributed by atoms with van der Waals surface area (Å²) in [4.78, 5) is 2.47. The zero-order valence-corrected chi connectivity index (χ0v) is 8.46. The van der Waals surface area contributed by atoms with Crippen LogP contribution < -0.4 is 4.40 Å². The standard InChI is InChI=1S/C9H10Ge/c1-8-7-10(8)9-5-3-2-4-6-9/h2-7,10H,1H3. The van der Waals surface area contributed by atoms with Gasteiger partial charge >= 0.3 is 65.3 Å². The van der Waals surface area contributed by atoms with E-state index < -0.39 is 14.3 Å². The van der Waals surface area contributed by atoms with E-state index in [-0.39, 0.29) is 0 Å². The molecule has 1 aromatic carbocycles.